The van der Waals surface area contributed by atoms with Crippen molar-refractivity contribution < 1.29 is 25.8 Å². The smallest absolute Gasteiger partial charge is 0.497 e. The van der Waals surface area contributed by atoms with Crippen LogP contribution in [0.1, 0.15) is 0 Å². The maximum Gasteiger partial charge on any atom is 2.00 e. The average molecular weight is 796 g/mol. The van der Waals surface area contributed by atoms with Crippen molar-refractivity contribution in [3.8, 4) is 33.8 Å². The van der Waals surface area contributed by atoms with Crippen molar-refractivity contribution in [1.29, 1.82) is 0 Å². The minimum Gasteiger partial charge on any atom is -0.497 e. The average Bonchev–Trinajstić information content (AvgIpc) is 3.84. The van der Waals surface area contributed by atoms with Crippen LogP contribution in [0.2, 0.25) is 0 Å². The van der Waals surface area contributed by atoms with Gasteiger partial charge in [-0.2, -0.15) is 0 Å². The van der Waals surface area contributed by atoms with Crippen LogP contribution in [0, 0.1) is 12.1 Å². The second-order valence-corrected chi connectivity index (χ2v) is 11.7. The Morgan fingerprint density at radius 1 is 0.500 bits per heavy atom. The van der Waals surface area contributed by atoms with Crippen molar-refractivity contribution in [2.24, 2.45) is 0 Å². The number of imidazole rings is 2. The summed E-state index contributed by atoms with van der Waals surface area (Å²) in [6, 6.07) is 49.3. The third-order valence-corrected chi connectivity index (χ3v) is 9.10. The maximum atomic E-state index is 6.49. The molecule has 0 fully saturated rings. The number of fused-ring (bicyclic) bond motifs is 12. The quantitative estimate of drug-likeness (QED) is 0.132. The van der Waals surface area contributed by atoms with Crippen LogP contribution in [0.3, 0.4) is 0 Å². The van der Waals surface area contributed by atoms with Crippen LogP contribution in [-0.4, -0.2) is 18.8 Å². The van der Waals surface area contributed by atoms with Gasteiger partial charge in [0.05, 0.1) is 11.3 Å². The molecule has 0 unspecified atom stereocenters. The molecule has 48 heavy (non-hydrogen) atoms. The summed E-state index contributed by atoms with van der Waals surface area (Å²) >= 11 is 0. The van der Waals surface area contributed by atoms with E-state index in [0.717, 1.165) is 54.6 Å². The van der Waals surface area contributed by atoms with Crippen LogP contribution < -0.4 is 4.74 Å². The van der Waals surface area contributed by atoms with Crippen LogP contribution in [0.25, 0.3) is 76.9 Å². The van der Waals surface area contributed by atoms with Crippen molar-refractivity contribution in [1.82, 2.24) is 18.8 Å². The second kappa shape index (κ2) is 11.2. The molecule has 228 valence electrons. The van der Waals surface area contributed by atoms with E-state index < -0.39 is 0 Å². The van der Waals surface area contributed by atoms with Gasteiger partial charge in [-0.15, -0.1) is 12.1 Å². The Labute approximate surface area is 290 Å². The summed E-state index contributed by atoms with van der Waals surface area (Å²) in [5.41, 5.74) is 8.55. The van der Waals surface area contributed by atoms with Crippen molar-refractivity contribution in [2.45, 2.75) is 0 Å². The molecule has 0 saturated heterocycles. The molecule has 0 radical (unpaired) electrons. The second-order valence-electron chi connectivity index (χ2n) is 11.7. The molecule has 0 aliphatic rings. The van der Waals surface area contributed by atoms with Crippen LogP contribution in [0.15, 0.2) is 146 Å². The fraction of sp³-hybridized carbons (Fsp3) is 0. The van der Waals surface area contributed by atoms with E-state index in [4.69, 9.17) is 14.7 Å². The number of pyridine rings is 2. The van der Waals surface area contributed by atoms with E-state index in [1.54, 1.807) is 0 Å². The van der Waals surface area contributed by atoms with Gasteiger partial charge < -0.3 is 13.5 Å². The molecule has 0 spiro atoms. The Bertz CT molecular complexity index is 2820. The van der Waals surface area contributed by atoms with Crippen molar-refractivity contribution >= 4 is 54.6 Å². The number of hydrogen-bond donors (Lipinski definition) is 0. The summed E-state index contributed by atoms with van der Waals surface area (Å²) in [5.74, 6) is 1.20. The summed E-state index contributed by atoms with van der Waals surface area (Å²) in [5, 5.41) is 6.25. The number of ether oxygens (including phenoxy) is 1. The van der Waals surface area contributed by atoms with Gasteiger partial charge in [0.25, 0.3) is 0 Å². The van der Waals surface area contributed by atoms with Gasteiger partial charge in [-0.3, -0.25) is 9.97 Å². The zero-order valence-corrected chi connectivity index (χ0v) is 27.6. The molecule has 0 atom stereocenters. The van der Waals surface area contributed by atoms with Crippen molar-refractivity contribution in [3.63, 3.8) is 0 Å². The SMILES string of the molecule is [Pt+2].[c-]1c(Oc2[c-]c3c(cc2)c2c(-c4ccccc4)cccc2n2ccnc32)ccc2c1c1nccn1c1ccc(-c3ccccc3)cc21. The molecule has 0 bridgehead atoms. The summed E-state index contributed by atoms with van der Waals surface area (Å²) in [6.07, 6.45) is 7.68. The predicted molar refractivity (Wildman–Crippen MR) is 189 cm³/mol. The first-order valence-corrected chi connectivity index (χ1v) is 15.6. The van der Waals surface area contributed by atoms with Gasteiger partial charge >= 0.3 is 21.1 Å². The molecule has 10 aromatic rings. The zero-order valence-electron chi connectivity index (χ0n) is 25.4. The molecule has 0 amide bonds. The van der Waals surface area contributed by atoms with E-state index in [9.17, 15) is 0 Å². The Kier molecular flexibility index (Phi) is 6.63. The first kappa shape index (κ1) is 28.5. The summed E-state index contributed by atoms with van der Waals surface area (Å²) in [6.45, 7) is 0. The fourth-order valence-electron chi connectivity index (χ4n) is 6.99. The Hall–Kier alpha value is -5.77. The molecule has 0 N–H and O–H groups in total. The standard InChI is InChI=1S/C42H24N4O.Pt/c1-3-8-27(9-4-1)29-14-19-38-35(24-29)33-17-15-30(25-36(33)41-43-20-22-45(38)41)47-31-16-18-34-37(26-31)42-44-21-23-46(42)39-13-7-12-32(40(34)39)28-10-5-2-6-11-28;/h1-24H;/q-2;+2. The van der Waals surface area contributed by atoms with E-state index in [-0.39, 0.29) is 21.1 Å². The van der Waals surface area contributed by atoms with Gasteiger partial charge in [0.1, 0.15) is 0 Å². The number of hydrogen-bond acceptors (Lipinski definition) is 3. The maximum absolute atomic E-state index is 6.49. The molecular weight excluding hydrogens is 772 g/mol. The van der Waals surface area contributed by atoms with Crippen LogP contribution >= 0.6 is 0 Å². The largest absolute Gasteiger partial charge is 2.00 e. The Morgan fingerprint density at radius 2 is 1.12 bits per heavy atom. The molecule has 0 aliphatic heterocycles. The first-order valence-electron chi connectivity index (χ1n) is 15.6. The molecule has 0 saturated carbocycles. The molecule has 4 heterocycles. The third kappa shape index (κ3) is 4.35. The summed E-state index contributed by atoms with van der Waals surface area (Å²) in [4.78, 5) is 9.45. The molecule has 4 aromatic heterocycles. The van der Waals surface area contributed by atoms with Gasteiger partial charge in [-0.25, -0.2) is 0 Å². The van der Waals surface area contributed by atoms with Gasteiger partial charge in [0.15, 0.2) is 0 Å². The van der Waals surface area contributed by atoms with E-state index in [1.807, 2.05) is 49.1 Å². The molecular formula is C42H24N4OPt. The number of nitrogens with zero attached hydrogens (tertiary/aromatic N) is 4. The van der Waals surface area contributed by atoms with Crippen LogP contribution in [-0.2, 0) is 21.1 Å². The number of aromatic nitrogens is 4. The third-order valence-electron chi connectivity index (χ3n) is 9.10. The minimum atomic E-state index is 0. The fourth-order valence-corrected chi connectivity index (χ4v) is 6.99. The number of rotatable bonds is 4. The summed E-state index contributed by atoms with van der Waals surface area (Å²) < 4.78 is 10.8. The van der Waals surface area contributed by atoms with Crippen LogP contribution in [0.4, 0.5) is 0 Å². The Morgan fingerprint density at radius 3 is 1.83 bits per heavy atom. The van der Waals surface area contributed by atoms with E-state index in [1.165, 1.54) is 22.3 Å². The molecule has 5 nitrogen and oxygen atoms in total. The van der Waals surface area contributed by atoms with Gasteiger partial charge in [0, 0.05) is 47.3 Å². The van der Waals surface area contributed by atoms with Crippen molar-refractivity contribution in [2.75, 3.05) is 0 Å². The van der Waals surface area contributed by atoms with E-state index >= 15 is 0 Å². The van der Waals surface area contributed by atoms with E-state index in [0.29, 0.717) is 11.5 Å². The van der Waals surface area contributed by atoms with Gasteiger partial charge in [-0.1, -0.05) is 131 Å². The molecule has 6 aromatic carbocycles. The number of benzene rings is 6. The minimum absolute atomic E-state index is 0. The zero-order chi connectivity index (χ0) is 30.9. The molecule has 0 aliphatic carbocycles. The van der Waals surface area contributed by atoms with Crippen LogP contribution in [0.5, 0.6) is 11.5 Å². The summed E-state index contributed by atoms with van der Waals surface area (Å²) in [7, 11) is 0. The van der Waals surface area contributed by atoms with Gasteiger partial charge in [-0.05, 0) is 45.2 Å². The topological polar surface area (TPSA) is 43.8 Å². The monoisotopic (exact) mass is 795 g/mol. The molecule has 10 rings (SSSR count). The predicted octanol–water partition coefficient (Wildman–Crippen LogP) is 10.3. The van der Waals surface area contributed by atoms with Gasteiger partial charge in [0.2, 0.25) is 0 Å². The normalized spacial score (nSPS) is 11.6. The Balaban J connectivity index is 0.00000314. The molecule has 6 heteroatoms. The van der Waals surface area contributed by atoms with E-state index in [2.05, 4.69) is 118 Å². The first-order chi connectivity index (χ1) is 23.3. The van der Waals surface area contributed by atoms with Crippen molar-refractivity contribution in [3.05, 3.63) is 158 Å².